The first kappa shape index (κ1) is 16.0. The molecule has 2 aromatic heterocycles. The second kappa shape index (κ2) is 7.12. The molecule has 0 saturated heterocycles. The van der Waals surface area contributed by atoms with Gasteiger partial charge in [0.05, 0.1) is 0 Å². The molecule has 120 valence electrons. The van der Waals surface area contributed by atoms with Crippen molar-refractivity contribution in [2.45, 2.75) is 6.61 Å². The van der Waals surface area contributed by atoms with Gasteiger partial charge in [-0.15, -0.1) is 0 Å². The molecule has 0 bridgehead atoms. The number of nitrogens with zero attached hydrogens (tertiary/aromatic N) is 4. The Morgan fingerprint density at radius 2 is 1.64 bits per heavy atom. The Bertz CT molecular complexity index is 973. The number of rotatable bonds is 4. The summed E-state index contributed by atoms with van der Waals surface area (Å²) in [6.07, 6.45) is 3.31. The monoisotopic (exact) mass is 327 g/mol. The summed E-state index contributed by atoms with van der Waals surface area (Å²) >= 11 is 0. The van der Waals surface area contributed by atoms with Crippen LogP contribution in [0.15, 0.2) is 54.9 Å². The molecule has 6 nitrogen and oxygen atoms in total. The Labute approximate surface area is 144 Å². The summed E-state index contributed by atoms with van der Waals surface area (Å²) in [4.78, 5) is 8.06. The van der Waals surface area contributed by atoms with Gasteiger partial charge in [0.15, 0.2) is 0 Å². The van der Waals surface area contributed by atoms with E-state index in [-0.39, 0.29) is 29.4 Å². The van der Waals surface area contributed by atoms with Crippen LogP contribution in [0.1, 0.15) is 16.7 Å². The summed E-state index contributed by atoms with van der Waals surface area (Å²) in [5.74, 6) is 0.139. The number of benzene rings is 1. The van der Waals surface area contributed by atoms with Crippen molar-refractivity contribution in [3.05, 3.63) is 71.5 Å². The van der Waals surface area contributed by atoms with E-state index in [9.17, 15) is 10.5 Å². The number of anilines is 1. The maximum Gasteiger partial charge on any atom is 0.234 e. The van der Waals surface area contributed by atoms with E-state index < -0.39 is 0 Å². The van der Waals surface area contributed by atoms with Crippen LogP contribution in [0.2, 0.25) is 0 Å². The number of nitrogens with two attached hydrogens (primary N) is 1. The normalized spacial score (nSPS) is 9.84. The fraction of sp³-hybridized carbons (Fsp3) is 0.0526. The molecule has 25 heavy (non-hydrogen) atoms. The standard InChI is InChI=1S/C19H13N5O/c20-10-15-17(14-4-2-1-3-5-14)16(11-21)19(24-18(15)22)25-12-13-6-8-23-9-7-13/h1-9H,12H2,(H2,22,24). The molecule has 0 saturated carbocycles. The molecular weight excluding hydrogens is 314 g/mol. The van der Waals surface area contributed by atoms with Gasteiger partial charge in [0.25, 0.3) is 0 Å². The summed E-state index contributed by atoms with van der Waals surface area (Å²) in [5, 5.41) is 19.1. The first-order valence-electron chi connectivity index (χ1n) is 7.45. The van der Waals surface area contributed by atoms with Gasteiger partial charge in [-0.1, -0.05) is 30.3 Å². The average molecular weight is 327 g/mol. The van der Waals surface area contributed by atoms with Gasteiger partial charge >= 0.3 is 0 Å². The maximum atomic E-state index is 9.64. The minimum absolute atomic E-state index is 0.0325. The lowest BCUT2D eigenvalue weighted by Gasteiger charge is -2.13. The van der Waals surface area contributed by atoms with Crippen molar-refractivity contribution in [1.82, 2.24) is 9.97 Å². The lowest BCUT2D eigenvalue weighted by Crippen LogP contribution is -2.06. The second-order valence-electron chi connectivity index (χ2n) is 5.16. The summed E-state index contributed by atoms with van der Waals surface area (Å²) in [6.45, 7) is 0.212. The van der Waals surface area contributed by atoms with Crippen LogP contribution < -0.4 is 10.5 Å². The quantitative estimate of drug-likeness (QED) is 0.789. The number of hydrogen-bond donors (Lipinski definition) is 1. The van der Waals surface area contributed by atoms with E-state index in [4.69, 9.17) is 10.5 Å². The Kier molecular flexibility index (Phi) is 4.55. The third-order valence-electron chi connectivity index (χ3n) is 3.60. The average Bonchev–Trinajstić information content (AvgIpc) is 2.67. The van der Waals surface area contributed by atoms with E-state index >= 15 is 0 Å². The van der Waals surface area contributed by atoms with Gasteiger partial charge in [0.2, 0.25) is 5.88 Å². The molecule has 2 N–H and O–H groups in total. The molecular formula is C19H13N5O. The van der Waals surface area contributed by atoms with Gasteiger partial charge in [0, 0.05) is 18.0 Å². The first-order valence-corrected chi connectivity index (χ1v) is 7.45. The van der Waals surface area contributed by atoms with Crippen molar-refractivity contribution in [3.63, 3.8) is 0 Å². The van der Waals surface area contributed by atoms with E-state index in [0.717, 1.165) is 5.56 Å². The molecule has 2 heterocycles. The largest absolute Gasteiger partial charge is 0.472 e. The number of nitriles is 2. The number of ether oxygens (including phenoxy) is 1. The molecule has 6 heteroatoms. The molecule has 0 spiro atoms. The second-order valence-corrected chi connectivity index (χ2v) is 5.16. The van der Waals surface area contributed by atoms with Crippen LogP contribution in [-0.4, -0.2) is 9.97 Å². The zero-order valence-electron chi connectivity index (χ0n) is 13.2. The van der Waals surface area contributed by atoms with Crippen molar-refractivity contribution in [2.24, 2.45) is 0 Å². The molecule has 0 aliphatic rings. The molecule has 0 aliphatic carbocycles. The first-order chi connectivity index (χ1) is 12.2. The van der Waals surface area contributed by atoms with Crippen molar-refractivity contribution >= 4 is 5.82 Å². The third kappa shape index (κ3) is 3.24. The van der Waals surface area contributed by atoms with E-state index in [0.29, 0.717) is 11.1 Å². The number of aromatic nitrogens is 2. The van der Waals surface area contributed by atoms with E-state index in [1.165, 1.54) is 0 Å². The smallest absolute Gasteiger partial charge is 0.234 e. The molecule has 0 radical (unpaired) electrons. The van der Waals surface area contributed by atoms with Gasteiger partial charge in [-0.2, -0.15) is 15.5 Å². The predicted molar refractivity (Wildman–Crippen MR) is 92.1 cm³/mol. The van der Waals surface area contributed by atoms with Crippen LogP contribution in [0.3, 0.4) is 0 Å². The van der Waals surface area contributed by atoms with Gasteiger partial charge in [0.1, 0.15) is 35.7 Å². The molecule has 0 unspecified atom stereocenters. The van der Waals surface area contributed by atoms with Crippen LogP contribution in [0.5, 0.6) is 5.88 Å². The highest BCUT2D eigenvalue weighted by atomic mass is 16.5. The van der Waals surface area contributed by atoms with Crippen LogP contribution in [-0.2, 0) is 6.61 Å². The SMILES string of the molecule is N#Cc1c(N)nc(OCc2ccncc2)c(C#N)c1-c1ccccc1. The highest BCUT2D eigenvalue weighted by molar-refractivity contribution is 5.82. The molecule has 3 rings (SSSR count). The van der Waals surface area contributed by atoms with Gasteiger partial charge in [-0.3, -0.25) is 4.98 Å². The molecule has 0 aliphatic heterocycles. The van der Waals surface area contributed by atoms with Crippen LogP contribution in [0, 0.1) is 22.7 Å². The lowest BCUT2D eigenvalue weighted by atomic mass is 9.96. The maximum absolute atomic E-state index is 9.64. The summed E-state index contributed by atoms with van der Waals surface area (Å²) < 4.78 is 5.71. The number of hydrogen-bond acceptors (Lipinski definition) is 6. The van der Waals surface area contributed by atoms with Gasteiger partial charge in [-0.05, 0) is 23.3 Å². The van der Waals surface area contributed by atoms with Crippen molar-refractivity contribution in [2.75, 3.05) is 5.73 Å². The van der Waals surface area contributed by atoms with Gasteiger partial charge in [-0.25, -0.2) is 0 Å². The van der Waals surface area contributed by atoms with Crippen LogP contribution in [0.25, 0.3) is 11.1 Å². The Morgan fingerprint density at radius 1 is 0.960 bits per heavy atom. The molecule has 1 aromatic carbocycles. The highest BCUT2D eigenvalue weighted by Crippen LogP contribution is 2.35. The van der Waals surface area contributed by atoms with E-state index in [2.05, 4.69) is 16.0 Å². The summed E-state index contributed by atoms with van der Waals surface area (Å²) in [7, 11) is 0. The molecule has 0 amide bonds. The van der Waals surface area contributed by atoms with Crippen molar-refractivity contribution in [3.8, 4) is 29.1 Å². The topological polar surface area (TPSA) is 109 Å². The lowest BCUT2D eigenvalue weighted by molar-refractivity contribution is 0.293. The number of nitrogen functional groups attached to an aromatic ring is 1. The fourth-order valence-corrected chi connectivity index (χ4v) is 2.43. The van der Waals surface area contributed by atoms with Crippen molar-refractivity contribution < 1.29 is 4.74 Å². The summed E-state index contributed by atoms with van der Waals surface area (Å²) in [5.41, 5.74) is 8.30. The van der Waals surface area contributed by atoms with E-state index in [1.807, 2.05) is 36.4 Å². The van der Waals surface area contributed by atoms with E-state index in [1.54, 1.807) is 24.5 Å². The molecule has 3 aromatic rings. The molecule has 0 fully saturated rings. The van der Waals surface area contributed by atoms with Crippen LogP contribution >= 0.6 is 0 Å². The minimum atomic E-state index is 0.0325. The highest BCUT2D eigenvalue weighted by Gasteiger charge is 2.21. The van der Waals surface area contributed by atoms with Gasteiger partial charge < -0.3 is 10.5 Å². The third-order valence-corrected chi connectivity index (χ3v) is 3.60. The predicted octanol–water partition coefficient (Wildman–Crippen LogP) is 3.05. The van der Waals surface area contributed by atoms with Crippen molar-refractivity contribution in [1.29, 1.82) is 10.5 Å². The zero-order valence-corrected chi connectivity index (χ0v) is 13.2. The fourth-order valence-electron chi connectivity index (χ4n) is 2.43. The Morgan fingerprint density at radius 3 is 2.28 bits per heavy atom. The molecule has 0 atom stereocenters. The van der Waals surface area contributed by atoms with Crippen LogP contribution in [0.4, 0.5) is 5.82 Å². The Hall–Kier alpha value is -3.90. The Balaban J connectivity index is 2.10. The zero-order chi connectivity index (χ0) is 17.6. The summed E-state index contributed by atoms with van der Waals surface area (Å²) in [6, 6.07) is 16.9. The minimum Gasteiger partial charge on any atom is -0.472 e. The number of pyridine rings is 2.